The van der Waals surface area contributed by atoms with Crippen LogP contribution in [0.1, 0.15) is 29.4 Å². The fourth-order valence-electron chi connectivity index (χ4n) is 2.21. The normalized spacial score (nSPS) is 24.8. The number of carboxylic acids is 1. The number of aliphatic hydroxyl groups excluding tert-OH is 1. The Hall–Kier alpha value is -1.45. The third-order valence-corrected chi connectivity index (χ3v) is 5.39. The molecule has 1 fully saturated rings. The van der Waals surface area contributed by atoms with Crippen LogP contribution in [0.3, 0.4) is 0 Å². The minimum atomic E-state index is -4.02. The van der Waals surface area contributed by atoms with Gasteiger partial charge in [-0.1, -0.05) is 6.92 Å². The van der Waals surface area contributed by atoms with E-state index in [1.807, 2.05) is 6.92 Å². The molecule has 0 radical (unpaired) electrons. The lowest BCUT2D eigenvalue weighted by molar-refractivity contribution is 0.0603. The van der Waals surface area contributed by atoms with Crippen LogP contribution in [-0.4, -0.2) is 58.3 Å². The highest BCUT2D eigenvalue weighted by atomic mass is 32.2. The second kappa shape index (κ2) is 5.15. The van der Waals surface area contributed by atoms with Crippen LogP contribution < -0.4 is 0 Å². The van der Waals surface area contributed by atoms with Crippen molar-refractivity contribution in [2.75, 3.05) is 13.1 Å². The summed E-state index contributed by atoms with van der Waals surface area (Å²) in [5.74, 6) is -1.33. The molecule has 0 spiro atoms. The second-order valence-corrected chi connectivity index (χ2v) is 6.88. The average molecular weight is 303 g/mol. The van der Waals surface area contributed by atoms with Crippen molar-refractivity contribution in [3.05, 3.63) is 11.3 Å². The Labute approximate surface area is 116 Å². The molecule has 0 aromatic carbocycles. The molecule has 9 heteroatoms. The molecule has 0 bridgehead atoms. The summed E-state index contributed by atoms with van der Waals surface area (Å²) in [7, 11) is -4.02. The Morgan fingerprint density at radius 2 is 2.15 bits per heavy atom. The topological polar surface area (TPSA) is 124 Å². The van der Waals surface area contributed by atoms with E-state index < -0.39 is 27.1 Å². The van der Waals surface area contributed by atoms with E-state index in [0.29, 0.717) is 6.42 Å². The number of hydrogen-bond donors (Lipinski definition) is 3. The summed E-state index contributed by atoms with van der Waals surface area (Å²) >= 11 is 0. The Bertz CT molecular complexity index is 624. The minimum Gasteiger partial charge on any atom is -0.478 e. The van der Waals surface area contributed by atoms with E-state index in [1.165, 1.54) is 6.92 Å². The summed E-state index contributed by atoms with van der Waals surface area (Å²) in [6.07, 6.45) is -0.238. The predicted molar refractivity (Wildman–Crippen MR) is 68.8 cm³/mol. The summed E-state index contributed by atoms with van der Waals surface area (Å²) in [6, 6.07) is 0. The monoisotopic (exact) mass is 303 g/mol. The zero-order valence-corrected chi connectivity index (χ0v) is 12.0. The van der Waals surface area contributed by atoms with E-state index >= 15 is 0 Å². The number of H-pyrrole nitrogens is 1. The van der Waals surface area contributed by atoms with Crippen molar-refractivity contribution in [1.82, 2.24) is 14.5 Å². The van der Waals surface area contributed by atoms with Crippen molar-refractivity contribution in [3.63, 3.8) is 0 Å². The number of sulfonamides is 1. The molecule has 1 aromatic heterocycles. The van der Waals surface area contributed by atoms with Crippen molar-refractivity contribution in [2.24, 2.45) is 5.92 Å². The van der Waals surface area contributed by atoms with Crippen LogP contribution in [0.5, 0.6) is 0 Å². The smallest absolute Gasteiger partial charge is 0.340 e. The van der Waals surface area contributed by atoms with Crippen LogP contribution in [0.2, 0.25) is 0 Å². The van der Waals surface area contributed by atoms with Gasteiger partial charge in [-0.3, -0.25) is 5.10 Å². The Morgan fingerprint density at radius 1 is 1.50 bits per heavy atom. The van der Waals surface area contributed by atoms with Crippen molar-refractivity contribution in [2.45, 2.75) is 31.4 Å². The summed E-state index contributed by atoms with van der Waals surface area (Å²) in [5.41, 5.74) is -0.167. The summed E-state index contributed by atoms with van der Waals surface area (Å²) < 4.78 is 26.0. The number of β-amino-alcohol motifs (C(OH)–C–C–N with tert-alkyl or cyclic N) is 1. The molecule has 2 rings (SSSR count). The number of aromatic carboxylic acids is 1. The number of nitrogens with zero attached hydrogens (tertiary/aromatic N) is 2. The van der Waals surface area contributed by atoms with E-state index in [4.69, 9.17) is 5.11 Å². The molecule has 0 amide bonds. The van der Waals surface area contributed by atoms with Crippen molar-refractivity contribution >= 4 is 16.0 Å². The third kappa shape index (κ3) is 2.43. The molecule has 0 aliphatic carbocycles. The molecule has 1 aromatic rings. The van der Waals surface area contributed by atoms with Crippen LogP contribution in [0.25, 0.3) is 0 Å². The van der Waals surface area contributed by atoms with Gasteiger partial charge >= 0.3 is 5.97 Å². The minimum absolute atomic E-state index is 0.0151. The number of aliphatic hydroxyl groups is 1. The third-order valence-electron chi connectivity index (χ3n) is 3.59. The highest BCUT2D eigenvalue weighted by Gasteiger charge is 2.37. The lowest BCUT2D eigenvalue weighted by Crippen LogP contribution is -2.46. The first-order chi connectivity index (χ1) is 9.25. The first-order valence-electron chi connectivity index (χ1n) is 6.21. The van der Waals surface area contributed by atoms with Gasteiger partial charge in [0.15, 0.2) is 0 Å². The average Bonchev–Trinajstić information content (AvgIpc) is 2.75. The molecule has 3 N–H and O–H groups in total. The molecule has 2 unspecified atom stereocenters. The zero-order valence-electron chi connectivity index (χ0n) is 11.2. The Balaban J connectivity index is 2.39. The van der Waals surface area contributed by atoms with Crippen molar-refractivity contribution < 1.29 is 23.4 Å². The molecule has 1 saturated heterocycles. The second-order valence-electron chi connectivity index (χ2n) is 5.03. The number of rotatable bonds is 3. The number of carboxylic acid groups (broad SMARTS) is 1. The first-order valence-corrected chi connectivity index (χ1v) is 7.65. The highest BCUT2D eigenvalue weighted by Crippen LogP contribution is 2.25. The SMILES string of the molecule is Cc1[nH]nc(S(=O)(=O)N2CCC(C)C(O)C2)c1C(=O)O. The van der Waals surface area contributed by atoms with Gasteiger partial charge in [-0.15, -0.1) is 0 Å². The Kier molecular flexibility index (Phi) is 3.85. The summed E-state index contributed by atoms with van der Waals surface area (Å²) in [6.45, 7) is 3.48. The number of hydrogen-bond acceptors (Lipinski definition) is 5. The molecule has 0 saturated carbocycles. The van der Waals surface area contributed by atoms with Crippen LogP contribution in [0, 0.1) is 12.8 Å². The molecule has 20 heavy (non-hydrogen) atoms. The first kappa shape index (κ1) is 14.9. The molecule has 2 heterocycles. The van der Waals surface area contributed by atoms with E-state index in [1.54, 1.807) is 0 Å². The van der Waals surface area contributed by atoms with Gasteiger partial charge in [0, 0.05) is 18.8 Å². The van der Waals surface area contributed by atoms with Crippen LogP contribution in [-0.2, 0) is 10.0 Å². The largest absolute Gasteiger partial charge is 0.478 e. The van der Waals surface area contributed by atoms with Gasteiger partial charge in [0.2, 0.25) is 5.03 Å². The standard InChI is InChI=1S/C11H17N3O5S/c1-6-3-4-14(5-8(6)15)20(18,19)10-9(11(16)17)7(2)12-13-10/h6,8,15H,3-5H2,1-2H3,(H,12,13)(H,16,17). The number of nitrogens with one attached hydrogen (secondary N) is 1. The number of aromatic amines is 1. The maximum absolute atomic E-state index is 12.4. The molecule has 2 atom stereocenters. The van der Waals surface area contributed by atoms with Crippen LogP contribution in [0.4, 0.5) is 0 Å². The summed E-state index contributed by atoms with van der Waals surface area (Å²) in [4.78, 5) is 11.2. The number of carbonyl (C=O) groups is 1. The number of aryl methyl sites for hydroxylation is 1. The van der Waals surface area contributed by atoms with Gasteiger partial charge in [0.1, 0.15) is 5.56 Å². The quantitative estimate of drug-likeness (QED) is 0.711. The molecule has 1 aliphatic rings. The van der Waals surface area contributed by atoms with Gasteiger partial charge in [0.05, 0.1) is 6.10 Å². The van der Waals surface area contributed by atoms with Gasteiger partial charge < -0.3 is 10.2 Å². The van der Waals surface area contributed by atoms with Gasteiger partial charge in [-0.2, -0.15) is 9.40 Å². The predicted octanol–water partition coefficient (Wildman–Crippen LogP) is -0.192. The van der Waals surface area contributed by atoms with E-state index in [9.17, 15) is 18.3 Å². The highest BCUT2D eigenvalue weighted by molar-refractivity contribution is 7.89. The maximum atomic E-state index is 12.4. The lowest BCUT2D eigenvalue weighted by Gasteiger charge is -2.32. The Morgan fingerprint density at radius 3 is 2.70 bits per heavy atom. The van der Waals surface area contributed by atoms with Crippen LogP contribution in [0.15, 0.2) is 5.03 Å². The van der Waals surface area contributed by atoms with Crippen LogP contribution >= 0.6 is 0 Å². The lowest BCUT2D eigenvalue weighted by atomic mass is 9.98. The van der Waals surface area contributed by atoms with Crippen molar-refractivity contribution in [1.29, 1.82) is 0 Å². The molecular formula is C11H17N3O5S. The maximum Gasteiger partial charge on any atom is 0.340 e. The van der Waals surface area contributed by atoms with Gasteiger partial charge in [0.25, 0.3) is 10.0 Å². The zero-order chi connectivity index (χ0) is 15.1. The van der Waals surface area contributed by atoms with E-state index in [-0.39, 0.29) is 30.3 Å². The van der Waals surface area contributed by atoms with Crippen molar-refractivity contribution in [3.8, 4) is 0 Å². The summed E-state index contributed by atoms with van der Waals surface area (Å²) in [5, 5.41) is 24.4. The fourth-order valence-corrected chi connectivity index (χ4v) is 3.80. The molecular weight excluding hydrogens is 286 g/mol. The molecule has 8 nitrogen and oxygen atoms in total. The number of piperidine rings is 1. The fraction of sp³-hybridized carbons (Fsp3) is 0.636. The number of aromatic nitrogens is 2. The van der Waals surface area contributed by atoms with E-state index in [2.05, 4.69) is 10.2 Å². The molecule has 112 valence electrons. The molecule has 1 aliphatic heterocycles. The van der Waals surface area contributed by atoms with Gasteiger partial charge in [-0.25, -0.2) is 13.2 Å². The van der Waals surface area contributed by atoms with Gasteiger partial charge in [-0.05, 0) is 19.3 Å². The van der Waals surface area contributed by atoms with E-state index in [0.717, 1.165) is 4.31 Å².